The molecule has 7 heteroatoms. The Balaban J connectivity index is 1.48. The van der Waals surface area contributed by atoms with Gasteiger partial charge in [0.15, 0.2) is 0 Å². The lowest BCUT2D eigenvalue weighted by atomic mass is 10.0. The summed E-state index contributed by atoms with van der Waals surface area (Å²) in [5, 5.41) is 0.761. The lowest BCUT2D eigenvalue weighted by molar-refractivity contribution is 0.0589. The third-order valence-electron chi connectivity index (χ3n) is 4.55. The average molecular weight is 350 g/mol. The van der Waals surface area contributed by atoms with E-state index in [0.717, 1.165) is 18.2 Å². The smallest absolute Gasteiger partial charge is 0.254 e. The van der Waals surface area contributed by atoms with Crippen LogP contribution in [0, 0.1) is 0 Å². The molecule has 7 nitrogen and oxygen atoms in total. The second-order valence-electron chi connectivity index (χ2n) is 6.25. The van der Waals surface area contributed by atoms with Gasteiger partial charge in [0.2, 0.25) is 11.4 Å². The van der Waals surface area contributed by atoms with Crippen LogP contribution in [0.5, 0.6) is 5.88 Å². The van der Waals surface area contributed by atoms with Crippen molar-refractivity contribution >= 4 is 16.8 Å². The van der Waals surface area contributed by atoms with E-state index in [1.165, 1.54) is 12.4 Å². The van der Waals surface area contributed by atoms with Crippen LogP contribution in [0.1, 0.15) is 23.2 Å². The lowest BCUT2D eigenvalue weighted by Crippen LogP contribution is -2.42. The summed E-state index contributed by atoms with van der Waals surface area (Å²) < 4.78 is 5.83. The van der Waals surface area contributed by atoms with Crippen molar-refractivity contribution in [3.63, 3.8) is 0 Å². The summed E-state index contributed by atoms with van der Waals surface area (Å²) in [4.78, 5) is 37.3. The number of aromatic nitrogens is 3. The monoisotopic (exact) mass is 350 g/mol. The number of piperidine rings is 1. The zero-order valence-corrected chi connectivity index (χ0v) is 14.1. The standard InChI is InChI=1S/C19H18N4O3/c24-17-11-15(14-3-1-2-4-16(14)22-17)19(25)23-9-6-13(7-10-23)26-18-5-8-20-12-21-18/h1-5,8,11-13H,6-7,9-10H2,(H,22,24). The highest BCUT2D eigenvalue weighted by atomic mass is 16.5. The molecule has 3 aromatic rings. The van der Waals surface area contributed by atoms with Crippen LogP contribution in [0.3, 0.4) is 0 Å². The SMILES string of the molecule is O=C(c1cc(=O)[nH]c2ccccc12)N1CCC(Oc2ccncn2)CC1. The number of pyridine rings is 1. The molecule has 0 aliphatic carbocycles. The molecule has 1 fully saturated rings. The van der Waals surface area contributed by atoms with Crippen molar-refractivity contribution in [2.75, 3.05) is 13.1 Å². The van der Waals surface area contributed by atoms with Crippen molar-refractivity contribution < 1.29 is 9.53 Å². The number of amides is 1. The van der Waals surface area contributed by atoms with Crippen LogP contribution in [0.25, 0.3) is 10.9 Å². The van der Waals surface area contributed by atoms with Crippen LogP contribution in [-0.4, -0.2) is 45.0 Å². The predicted molar refractivity (Wildman–Crippen MR) is 96.2 cm³/mol. The first-order chi connectivity index (χ1) is 12.7. The van der Waals surface area contributed by atoms with Gasteiger partial charge in [-0.05, 0) is 6.07 Å². The molecule has 1 aromatic carbocycles. The van der Waals surface area contributed by atoms with Crippen molar-refractivity contribution in [2.24, 2.45) is 0 Å². The average Bonchev–Trinajstić information content (AvgIpc) is 2.68. The molecule has 1 N–H and O–H groups in total. The maximum Gasteiger partial charge on any atom is 0.254 e. The minimum Gasteiger partial charge on any atom is -0.474 e. The molecule has 3 heterocycles. The number of nitrogens with zero attached hydrogens (tertiary/aromatic N) is 3. The molecule has 0 spiro atoms. The van der Waals surface area contributed by atoms with Crippen molar-refractivity contribution in [3.05, 3.63) is 64.8 Å². The van der Waals surface area contributed by atoms with Crippen LogP contribution < -0.4 is 10.3 Å². The molecule has 4 rings (SSSR count). The molecule has 1 amide bonds. The molecular weight excluding hydrogens is 332 g/mol. The van der Waals surface area contributed by atoms with Crippen LogP contribution in [0.2, 0.25) is 0 Å². The maximum atomic E-state index is 12.9. The highest BCUT2D eigenvalue weighted by molar-refractivity contribution is 6.05. The van der Waals surface area contributed by atoms with Gasteiger partial charge in [-0.3, -0.25) is 9.59 Å². The van der Waals surface area contributed by atoms with Crippen molar-refractivity contribution in [1.29, 1.82) is 0 Å². The van der Waals surface area contributed by atoms with Crippen LogP contribution in [0.4, 0.5) is 0 Å². The number of nitrogens with one attached hydrogen (secondary N) is 1. The molecule has 0 atom stereocenters. The number of hydrogen-bond acceptors (Lipinski definition) is 5. The molecule has 1 aliphatic heterocycles. The quantitative estimate of drug-likeness (QED) is 0.780. The highest BCUT2D eigenvalue weighted by Crippen LogP contribution is 2.21. The first-order valence-corrected chi connectivity index (χ1v) is 8.55. The molecular formula is C19H18N4O3. The number of carbonyl (C=O) groups is 1. The summed E-state index contributed by atoms with van der Waals surface area (Å²) in [5.74, 6) is 0.429. The number of benzene rings is 1. The molecule has 0 radical (unpaired) electrons. The van der Waals surface area contributed by atoms with E-state index in [1.807, 2.05) is 18.2 Å². The van der Waals surface area contributed by atoms with E-state index in [-0.39, 0.29) is 17.6 Å². The molecule has 0 unspecified atom stereocenters. The van der Waals surface area contributed by atoms with E-state index in [9.17, 15) is 9.59 Å². The third-order valence-corrected chi connectivity index (χ3v) is 4.55. The van der Waals surface area contributed by atoms with E-state index in [2.05, 4.69) is 15.0 Å². The van der Waals surface area contributed by atoms with E-state index < -0.39 is 0 Å². The van der Waals surface area contributed by atoms with E-state index >= 15 is 0 Å². The fourth-order valence-electron chi connectivity index (χ4n) is 3.25. The Morgan fingerprint density at radius 2 is 2.00 bits per heavy atom. The molecule has 0 saturated carbocycles. The van der Waals surface area contributed by atoms with E-state index in [4.69, 9.17) is 4.74 Å². The fourth-order valence-corrected chi connectivity index (χ4v) is 3.25. The van der Waals surface area contributed by atoms with Gasteiger partial charge in [-0.1, -0.05) is 18.2 Å². The molecule has 0 bridgehead atoms. The van der Waals surface area contributed by atoms with Crippen molar-refractivity contribution in [3.8, 4) is 5.88 Å². The summed E-state index contributed by atoms with van der Waals surface area (Å²) in [5.41, 5.74) is 0.846. The minimum atomic E-state index is -0.269. The second kappa shape index (κ2) is 6.95. The summed E-state index contributed by atoms with van der Waals surface area (Å²) in [7, 11) is 0. The van der Waals surface area contributed by atoms with Crippen molar-refractivity contribution in [1.82, 2.24) is 19.9 Å². The largest absolute Gasteiger partial charge is 0.474 e. The third kappa shape index (κ3) is 3.28. The first kappa shape index (κ1) is 16.3. The first-order valence-electron chi connectivity index (χ1n) is 8.55. The molecule has 2 aromatic heterocycles. The molecule has 1 aliphatic rings. The van der Waals surface area contributed by atoms with Crippen molar-refractivity contribution in [2.45, 2.75) is 18.9 Å². The van der Waals surface area contributed by atoms with E-state index in [0.29, 0.717) is 30.0 Å². The zero-order valence-electron chi connectivity index (χ0n) is 14.1. The Morgan fingerprint density at radius 1 is 1.19 bits per heavy atom. The van der Waals surface area contributed by atoms with Crippen LogP contribution in [-0.2, 0) is 0 Å². The van der Waals surface area contributed by atoms with E-state index in [1.54, 1.807) is 23.2 Å². The number of fused-ring (bicyclic) bond motifs is 1. The van der Waals surface area contributed by atoms with Gasteiger partial charge in [0.1, 0.15) is 12.4 Å². The Morgan fingerprint density at radius 3 is 2.77 bits per heavy atom. The van der Waals surface area contributed by atoms with Gasteiger partial charge in [0.05, 0.1) is 5.56 Å². The van der Waals surface area contributed by atoms with Gasteiger partial charge in [-0.2, -0.15) is 0 Å². The number of H-pyrrole nitrogens is 1. The van der Waals surface area contributed by atoms with Crippen LogP contribution >= 0.6 is 0 Å². The highest BCUT2D eigenvalue weighted by Gasteiger charge is 2.26. The molecule has 132 valence electrons. The second-order valence-corrected chi connectivity index (χ2v) is 6.25. The van der Waals surface area contributed by atoms with Gasteiger partial charge < -0.3 is 14.6 Å². The summed E-state index contributed by atoms with van der Waals surface area (Å²) in [6.07, 6.45) is 4.54. The lowest BCUT2D eigenvalue weighted by Gasteiger charge is -2.32. The van der Waals surface area contributed by atoms with Gasteiger partial charge in [-0.25, -0.2) is 9.97 Å². The number of rotatable bonds is 3. The Labute approximate surface area is 149 Å². The maximum absolute atomic E-state index is 12.9. The van der Waals surface area contributed by atoms with Crippen LogP contribution in [0.15, 0.2) is 53.7 Å². The van der Waals surface area contributed by atoms with Gasteiger partial charge in [0.25, 0.3) is 5.91 Å². The number of likely N-dealkylation sites (tertiary alicyclic amines) is 1. The summed E-state index contributed by atoms with van der Waals surface area (Å²) in [6, 6.07) is 10.5. The fraction of sp³-hybridized carbons (Fsp3) is 0.263. The van der Waals surface area contributed by atoms with Gasteiger partial charge >= 0.3 is 0 Å². The Kier molecular flexibility index (Phi) is 4.35. The Bertz CT molecular complexity index is 979. The predicted octanol–water partition coefficient (Wildman–Crippen LogP) is 2.00. The minimum absolute atomic E-state index is 0.0184. The normalized spacial score (nSPS) is 15.2. The van der Waals surface area contributed by atoms with Gasteiger partial charge in [0, 0.05) is 55.2 Å². The number of hydrogen-bond donors (Lipinski definition) is 1. The summed E-state index contributed by atoms with van der Waals surface area (Å²) >= 11 is 0. The number of aromatic amines is 1. The zero-order chi connectivity index (χ0) is 17.9. The number of para-hydroxylation sites is 1. The van der Waals surface area contributed by atoms with Gasteiger partial charge in [-0.15, -0.1) is 0 Å². The number of ether oxygens (including phenoxy) is 1. The topological polar surface area (TPSA) is 88.2 Å². The Hall–Kier alpha value is -3.22. The molecule has 1 saturated heterocycles. The number of carbonyl (C=O) groups excluding carboxylic acids is 1. The summed E-state index contributed by atoms with van der Waals surface area (Å²) in [6.45, 7) is 1.16. The molecule has 26 heavy (non-hydrogen) atoms.